The monoisotopic (exact) mass is 234 g/mol. The topological polar surface area (TPSA) is 26.3 Å². The lowest BCUT2D eigenvalue weighted by molar-refractivity contribution is -0.117. The fraction of sp³-hybridized carbons (Fsp3) is 0.533. The molecule has 0 fully saturated rings. The Morgan fingerprint density at radius 3 is 2.47 bits per heavy atom. The van der Waals surface area contributed by atoms with E-state index in [9.17, 15) is 4.79 Å². The molecule has 0 amide bonds. The molecule has 0 spiro atoms. The first kappa shape index (κ1) is 13.8. The van der Waals surface area contributed by atoms with Gasteiger partial charge in [0, 0.05) is 6.42 Å². The van der Waals surface area contributed by atoms with E-state index in [0.29, 0.717) is 12.3 Å². The van der Waals surface area contributed by atoms with Crippen molar-refractivity contribution in [2.75, 3.05) is 7.11 Å². The Labute approximate surface area is 104 Å². The number of aryl methyl sites for hydroxylation is 2. The number of carbonyl (C=O) groups excluding carboxylic acids is 1. The Bertz CT molecular complexity index is 408. The molecular formula is C15H22O2. The molecule has 17 heavy (non-hydrogen) atoms. The van der Waals surface area contributed by atoms with Crippen molar-refractivity contribution in [3.8, 4) is 5.75 Å². The van der Waals surface area contributed by atoms with Gasteiger partial charge in [-0.3, -0.25) is 0 Å². The molecule has 0 aliphatic carbocycles. The third-order valence-electron chi connectivity index (χ3n) is 3.06. The number of carbonyl (C=O) groups is 1. The van der Waals surface area contributed by atoms with Crippen molar-refractivity contribution in [2.45, 2.75) is 40.5 Å². The van der Waals surface area contributed by atoms with Gasteiger partial charge in [-0.15, -0.1) is 0 Å². The fourth-order valence-electron chi connectivity index (χ4n) is 2.23. The van der Waals surface area contributed by atoms with Crippen LogP contribution in [0.15, 0.2) is 12.1 Å². The van der Waals surface area contributed by atoms with Gasteiger partial charge in [-0.25, -0.2) is 0 Å². The number of hydrogen-bond acceptors (Lipinski definition) is 2. The van der Waals surface area contributed by atoms with E-state index in [-0.39, 0.29) is 5.78 Å². The van der Waals surface area contributed by atoms with Gasteiger partial charge < -0.3 is 9.53 Å². The maximum atomic E-state index is 11.1. The fourth-order valence-corrected chi connectivity index (χ4v) is 2.23. The van der Waals surface area contributed by atoms with E-state index in [1.54, 1.807) is 14.0 Å². The Balaban J connectivity index is 2.84. The van der Waals surface area contributed by atoms with E-state index in [1.807, 2.05) is 0 Å². The predicted molar refractivity (Wildman–Crippen MR) is 70.6 cm³/mol. The van der Waals surface area contributed by atoms with Crippen LogP contribution in [-0.2, 0) is 11.2 Å². The quantitative estimate of drug-likeness (QED) is 0.779. The average Bonchev–Trinajstić information content (AvgIpc) is 2.21. The minimum absolute atomic E-state index is 0.264. The van der Waals surface area contributed by atoms with E-state index in [0.717, 1.165) is 17.7 Å². The number of hydrogen-bond donors (Lipinski definition) is 0. The van der Waals surface area contributed by atoms with E-state index >= 15 is 0 Å². The van der Waals surface area contributed by atoms with Crippen LogP contribution in [0.3, 0.4) is 0 Å². The van der Waals surface area contributed by atoms with Crippen LogP contribution in [0.2, 0.25) is 0 Å². The number of Topliss-reactive ketones (excluding diaryl/α,β-unsaturated/α-hetero) is 1. The predicted octanol–water partition coefficient (Wildman–Crippen LogP) is 3.47. The van der Waals surface area contributed by atoms with Gasteiger partial charge in [0.2, 0.25) is 0 Å². The van der Waals surface area contributed by atoms with E-state index in [1.165, 1.54) is 11.1 Å². The summed E-state index contributed by atoms with van der Waals surface area (Å²) in [5.74, 6) is 1.60. The van der Waals surface area contributed by atoms with Gasteiger partial charge in [0.1, 0.15) is 11.5 Å². The second kappa shape index (κ2) is 5.85. The minimum atomic E-state index is 0.264. The number of methoxy groups -OCH3 is 1. The standard InChI is InChI=1S/C15H22O2/c1-10(6-13(4)16)7-14-8-12(3)15(17-5)9-11(14)2/h8-10H,6-7H2,1-5H3. The Kier molecular flexibility index (Phi) is 4.73. The van der Waals surface area contributed by atoms with E-state index in [2.05, 4.69) is 32.9 Å². The summed E-state index contributed by atoms with van der Waals surface area (Å²) >= 11 is 0. The lowest BCUT2D eigenvalue weighted by Crippen LogP contribution is -2.06. The molecule has 1 aromatic rings. The number of rotatable bonds is 5. The SMILES string of the molecule is COc1cc(C)c(CC(C)CC(C)=O)cc1C. The summed E-state index contributed by atoms with van der Waals surface area (Å²) in [7, 11) is 1.69. The molecule has 1 rings (SSSR count). The van der Waals surface area contributed by atoms with Gasteiger partial charge in [-0.2, -0.15) is 0 Å². The minimum Gasteiger partial charge on any atom is -0.496 e. The molecule has 0 aliphatic rings. The third kappa shape index (κ3) is 3.88. The molecule has 0 aliphatic heterocycles. The van der Waals surface area contributed by atoms with Crippen molar-refractivity contribution >= 4 is 5.78 Å². The number of ether oxygens (including phenoxy) is 1. The highest BCUT2D eigenvalue weighted by Gasteiger charge is 2.10. The molecule has 1 aromatic carbocycles. The van der Waals surface area contributed by atoms with Crippen molar-refractivity contribution < 1.29 is 9.53 Å². The second-order valence-electron chi connectivity index (χ2n) is 4.96. The summed E-state index contributed by atoms with van der Waals surface area (Å²) in [6.45, 7) is 7.93. The largest absolute Gasteiger partial charge is 0.496 e. The van der Waals surface area contributed by atoms with Crippen molar-refractivity contribution in [3.05, 3.63) is 28.8 Å². The van der Waals surface area contributed by atoms with Crippen LogP contribution in [0.4, 0.5) is 0 Å². The maximum Gasteiger partial charge on any atom is 0.130 e. The Morgan fingerprint density at radius 1 is 1.29 bits per heavy atom. The third-order valence-corrected chi connectivity index (χ3v) is 3.06. The van der Waals surface area contributed by atoms with Gasteiger partial charge in [-0.05, 0) is 55.9 Å². The zero-order valence-corrected chi connectivity index (χ0v) is 11.5. The molecule has 2 heteroatoms. The van der Waals surface area contributed by atoms with E-state index < -0.39 is 0 Å². The van der Waals surface area contributed by atoms with Gasteiger partial charge >= 0.3 is 0 Å². The molecule has 0 saturated carbocycles. The second-order valence-corrected chi connectivity index (χ2v) is 4.96. The normalized spacial score (nSPS) is 12.3. The summed E-state index contributed by atoms with van der Waals surface area (Å²) in [5.41, 5.74) is 3.71. The summed E-state index contributed by atoms with van der Waals surface area (Å²) < 4.78 is 5.30. The highest BCUT2D eigenvalue weighted by atomic mass is 16.5. The summed E-state index contributed by atoms with van der Waals surface area (Å²) in [4.78, 5) is 11.1. The van der Waals surface area contributed by atoms with Crippen LogP contribution in [0.5, 0.6) is 5.75 Å². The number of benzene rings is 1. The lowest BCUT2D eigenvalue weighted by atomic mass is 9.92. The molecule has 1 unspecified atom stereocenters. The summed E-state index contributed by atoms with van der Waals surface area (Å²) in [5, 5.41) is 0. The Hall–Kier alpha value is -1.31. The van der Waals surface area contributed by atoms with Gasteiger partial charge in [0.05, 0.1) is 7.11 Å². The van der Waals surface area contributed by atoms with Crippen molar-refractivity contribution in [1.29, 1.82) is 0 Å². The molecular weight excluding hydrogens is 212 g/mol. The van der Waals surface area contributed by atoms with Gasteiger partial charge in [0.25, 0.3) is 0 Å². The summed E-state index contributed by atoms with van der Waals surface area (Å²) in [6, 6.07) is 4.25. The average molecular weight is 234 g/mol. The molecule has 0 saturated heterocycles. The first-order valence-corrected chi connectivity index (χ1v) is 6.07. The molecule has 2 nitrogen and oxygen atoms in total. The molecule has 94 valence electrons. The first-order valence-electron chi connectivity index (χ1n) is 6.07. The molecule has 0 heterocycles. The van der Waals surface area contributed by atoms with Crippen LogP contribution in [0.25, 0.3) is 0 Å². The Morgan fingerprint density at radius 2 is 1.94 bits per heavy atom. The van der Waals surface area contributed by atoms with Crippen LogP contribution < -0.4 is 4.74 Å². The highest BCUT2D eigenvalue weighted by molar-refractivity contribution is 5.75. The van der Waals surface area contributed by atoms with Gasteiger partial charge in [-0.1, -0.05) is 13.0 Å². The van der Waals surface area contributed by atoms with Crippen LogP contribution in [-0.4, -0.2) is 12.9 Å². The smallest absolute Gasteiger partial charge is 0.130 e. The molecule has 0 bridgehead atoms. The van der Waals surface area contributed by atoms with Crippen LogP contribution >= 0.6 is 0 Å². The molecule has 0 radical (unpaired) electrons. The lowest BCUT2D eigenvalue weighted by Gasteiger charge is -2.14. The van der Waals surface area contributed by atoms with Crippen molar-refractivity contribution in [1.82, 2.24) is 0 Å². The van der Waals surface area contributed by atoms with Crippen molar-refractivity contribution in [3.63, 3.8) is 0 Å². The van der Waals surface area contributed by atoms with Crippen LogP contribution in [0, 0.1) is 19.8 Å². The van der Waals surface area contributed by atoms with E-state index in [4.69, 9.17) is 4.74 Å². The molecule has 0 aromatic heterocycles. The summed E-state index contributed by atoms with van der Waals surface area (Å²) in [6.07, 6.45) is 1.61. The zero-order chi connectivity index (χ0) is 13.0. The first-order chi connectivity index (χ1) is 7.93. The van der Waals surface area contributed by atoms with Crippen LogP contribution in [0.1, 0.15) is 37.0 Å². The van der Waals surface area contributed by atoms with Crippen molar-refractivity contribution in [2.24, 2.45) is 5.92 Å². The van der Waals surface area contributed by atoms with Gasteiger partial charge in [0.15, 0.2) is 0 Å². The molecule has 0 N–H and O–H groups in total. The number of ketones is 1. The maximum absolute atomic E-state index is 11.1. The zero-order valence-electron chi connectivity index (χ0n) is 11.5. The highest BCUT2D eigenvalue weighted by Crippen LogP contribution is 2.24. The molecule has 1 atom stereocenters.